The van der Waals surface area contributed by atoms with Crippen LogP contribution in [0.4, 0.5) is 5.69 Å². The number of hydrogen-bond donors (Lipinski definition) is 1. The van der Waals surface area contributed by atoms with E-state index in [-0.39, 0.29) is 12.0 Å². The molecule has 0 radical (unpaired) electrons. The van der Waals surface area contributed by atoms with Crippen molar-refractivity contribution in [3.8, 4) is 11.5 Å². The van der Waals surface area contributed by atoms with Crippen LogP contribution in [0.5, 0.6) is 11.5 Å². The number of amides is 1. The topological polar surface area (TPSA) is 50.8 Å². The number of benzene rings is 2. The maximum atomic E-state index is 12.5. The number of anilines is 1. The van der Waals surface area contributed by atoms with Crippen molar-refractivity contribution in [3.63, 3.8) is 0 Å². The van der Waals surface area contributed by atoms with Gasteiger partial charge >= 0.3 is 0 Å². The van der Waals surface area contributed by atoms with E-state index < -0.39 is 6.10 Å². The average molecular weight is 403 g/mol. The molecule has 150 valence electrons. The molecule has 1 amide bonds. The van der Waals surface area contributed by atoms with Gasteiger partial charge in [0, 0.05) is 23.8 Å². The monoisotopic (exact) mass is 402 g/mol. The second kappa shape index (κ2) is 9.80. The highest BCUT2D eigenvalue weighted by atomic mass is 35.5. The Balaban J connectivity index is 1.53. The van der Waals surface area contributed by atoms with Gasteiger partial charge in [0.2, 0.25) is 0 Å². The van der Waals surface area contributed by atoms with Crippen LogP contribution in [0.1, 0.15) is 26.2 Å². The van der Waals surface area contributed by atoms with Crippen LogP contribution < -0.4 is 14.8 Å². The van der Waals surface area contributed by atoms with Gasteiger partial charge < -0.3 is 19.7 Å². The van der Waals surface area contributed by atoms with Crippen molar-refractivity contribution in [3.05, 3.63) is 53.6 Å². The van der Waals surface area contributed by atoms with Crippen LogP contribution in [0, 0.1) is 0 Å². The Morgan fingerprint density at radius 2 is 1.71 bits per heavy atom. The minimum absolute atomic E-state index is 0.179. The number of rotatable bonds is 7. The number of nitrogens with one attached hydrogen (secondary N) is 1. The molecule has 0 bridgehead atoms. The van der Waals surface area contributed by atoms with Crippen LogP contribution in [0.25, 0.3) is 0 Å². The summed E-state index contributed by atoms with van der Waals surface area (Å²) in [5, 5.41) is 3.54. The highest BCUT2D eigenvalue weighted by Crippen LogP contribution is 2.22. The van der Waals surface area contributed by atoms with Crippen LogP contribution >= 0.6 is 11.6 Å². The number of likely N-dealkylation sites (tertiary alicyclic amines) is 1. The normalized spacial score (nSPS) is 16.4. The van der Waals surface area contributed by atoms with Crippen molar-refractivity contribution in [1.82, 2.24) is 4.90 Å². The van der Waals surface area contributed by atoms with E-state index in [1.54, 1.807) is 24.3 Å². The third-order valence-electron chi connectivity index (χ3n) is 4.85. The molecule has 2 aromatic rings. The van der Waals surface area contributed by atoms with Crippen LogP contribution in [-0.4, -0.2) is 43.2 Å². The van der Waals surface area contributed by atoms with E-state index in [1.807, 2.05) is 31.2 Å². The van der Waals surface area contributed by atoms with Crippen molar-refractivity contribution in [2.75, 3.05) is 25.5 Å². The lowest BCUT2D eigenvalue weighted by atomic mass is 10.1. The van der Waals surface area contributed by atoms with Crippen LogP contribution in [0.15, 0.2) is 48.5 Å². The van der Waals surface area contributed by atoms with E-state index in [4.69, 9.17) is 21.1 Å². The number of ether oxygens (including phenoxy) is 2. The van der Waals surface area contributed by atoms with E-state index >= 15 is 0 Å². The SMILES string of the molecule is CC[C@@H](Oc1ccc(Cl)cc1)C(=O)Nc1ccc(OC2CCN(C)CC2)cc1. The van der Waals surface area contributed by atoms with Gasteiger partial charge in [-0.25, -0.2) is 0 Å². The molecule has 1 heterocycles. The van der Waals surface area contributed by atoms with Gasteiger partial charge in [-0.3, -0.25) is 4.79 Å². The molecule has 1 saturated heterocycles. The lowest BCUT2D eigenvalue weighted by Gasteiger charge is -2.29. The second-order valence-corrected chi connectivity index (χ2v) is 7.54. The Hall–Kier alpha value is -2.24. The molecule has 0 aliphatic carbocycles. The van der Waals surface area contributed by atoms with Gasteiger partial charge in [0.25, 0.3) is 5.91 Å². The number of nitrogens with zero attached hydrogens (tertiary/aromatic N) is 1. The molecule has 28 heavy (non-hydrogen) atoms. The van der Waals surface area contributed by atoms with Gasteiger partial charge in [-0.15, -0.1) is 0 Å². The lowest BCUT2D eigenvalue weighted by molar-refractivity contribution is -0.122. The first-order chi connectivity index (χ1) is 13.5. The minimum Gasteiger partial charge on any atom is -0.490 e. The van der Waals surface area contributed by atoms with Gasteiger partial charge in [-0.1, -0.05) is 18.5 Å². The van der Waals surface area contributed by atoms with Crippen molar-refractivity contribution < 1.29 is 14.3 Å². The maximum Gasteiger partial charge on any atom is 0.265 e. The molecule has 1 atom stereocenters. The molecule has 0 unspecified atom stereocenters. The van der Waals surface area contributed by atoms with E-state index in [2.05, 4.69) is 17.3 Å². The Labute approximate surface area is 171 Å². The summed E-state index contributed by atoms with van der Waals surface area (Å²) < 4.78 is 11.8. The first kappa shape index (κ1) is 20.5. The van der Waals surface area contributed by atoms with E-state index in [1.165, 1.54) is 0 Å². The molecule has 6 heteroatoms. The number of carbonyl (C=O) groups is 1. The van der Waals surface area contributed by atoms with Gasteiger partial charge in [0.15, 0.2) is 6.10 Å². The van der Waals surface area contributed by atoms with Gasteiger partial charge in [-0.2, -0.15) is 0 Å². The summed E-state index contributed by atoms with van der Waals surface area (Å²) >= 11 is 5.89. The molecule has 0 saturated carbocycles. The molecule has 2 aromatic carbocycles. The Bertz CT molecular complexity index is 756. The van der Waals surface area contributed by atoms with Crippen molar-refractivity contribution in [2.45, 2.75) is 38.4 Å². The first-order valence-corrected chi connectivity index (χ1v) is 10.1. The third kappa shape index (κ3) is 5.88. The molecule has 0 aromatic heterocycles. The summed E-state index contributed by atoms with van der Waals surface area (Å²) in [6.07, 6.45) is 2.32. The predicted molar refractivity (Wildman–Crippen MR) is 112 cm³/mol. The molecule has 5 nitrogen and oxygen atoms in total. The van der Waals surface area contributed by atoms with Crippen LogP contribution in [0.2, 0.25) is 5.02 Å². The molecule has 1 fully saturated rings. The third-order valence-corrected chi connectivity index (χ3v) is 5.10. The summed E-state index contributed by atoms with van der Waals surface area (Å²) in [7, 11) is 2.13. The van der Waals surface area contributed by atoms with Gasteiger partial charge in [-0.05, 0) is 74.8 Å². The molecule has 1 N–H and O–H groups in total. The predicted octanol–water partition coefficient (Wildman–Crippen LogP) is 4.61. The number of hydrogen-bond acceptors (Lipinski definition) is 4. The fourth-order valence-electron chi connectivity index (χ4n) is 3.13. The standard InChI is InChI=1S/C22H27ClN2O3/c1-3-21(28-19-8-4-16(23)5-9-19)22(26)24-17-6-10-18(11-7-17)27-20-12-14-25(2)15-13-20/h4-11,20-21H,3,12-15H2,1-2H3,(H,24,26)/t21-/m1/s1. The van der Waals surface area contributed by atoms with Crippen LogP contribution in [0.3, 0.4) is 0 Å². The van der Waals surface area contributed by atoms with Crippen molar-refractivity contribution in [1.29, 1.82) is 0 Å². The molecule has 1 aliphatic rings. The highest BCUT2D eigenvalue weighted by molar-refractivity contribution is 6.30. The first-order valence-electron chi connectivity index (χ1n) is 9.72. The second-order valence-electron chi connectivity index (χ2n) is 7.10. The summed E-state index contributed by atoms with van der Waals surface area (Å²) in [4.78, 5) is 14.9. The zero-order valence-electron chi connectivity index (χ0n) is 16.4. The summed E-state index contributed by atoms with van der Waals surface area (Å²) in [5.41, 5.74) is 0.721. The fraction of sp³-hybridized carbons (Fsp3) is 0.409. The molecule has 3 rings (SSSR count). The number of halogens is 1. The van der Waals surface area contributed by atoms with E-state index in [0.29, 0.717) is 17.2 Å². The molecular formula is C22H27ClN2O3. The summed E-state index contributed by atoms with van der Waals surface area (Å²) in [5.74, 6) is 1.27. The molecule has 0 spiro atoms. The summed E-state index contributed by atoms with van der Waals surface area (Å²) in [6.45, 7) is 4.04. The van der Waals surface area contributed by atoms with E-state index in [9.17, 15) is 4.79 Å². The van der Waals surface area contributed by atoms with Gasteiger partial charge in [0.1, 0.15) is 17.6 Å². The zero-order chi connectivity index (χ0) is 19.9. The summed E-state index contributed by atoms with van der Waals surface area (Å²) in [6, 6.07) is 14.5. The van der Waals surface area contributed by atoms with Crippen molar-refractivity contribution >= 4 is 23.2 Å². The number of carbonyl (C=O) groups excluding carboxylic acids is 1. The Kier molecular flexibility index (Phi) is 7.18. The Morgan fingerprint density at radius 1 is 1.11 bits per heavy atom. The zero-order valence-corrected chi connectivity index (χ0v) is 17.1. The largest absolute Gasteiger partial charge is 0.490 e. The smallest absolute Gasteiger partial charge is 0.265 e. The average Bonchev–Trinajstić information content (AvgIpc) is 2.70. The molecular weight excluding hydrogens is 376 g/mol. The van der Waals surface area contributed by atoms with E-state index in [0.717, 1.165) is 37.4 Å². The molecule has 1 aliphatic heterocycles. The minimum atomic E-state index is -0.573. The number of piperidine rings is 1. The fourth-order valence-corrected chi connectivity index (χ4v) is 3.26. The maximum absolute atomic E-state index is 12.5. The lowest BCUT2D eigenvalue weighted by Crippen LogP contribution is -2.35. The highest BCUT2D eigenvalue weighted by Gasteiger charge is 2.20. The quantitative estimate of drug-likeness (QED) is 0.734. The Morgan fingerprint density at radius 3 is 2.32 bits per heavy atom. The van der Waals surface area contributed by atoms with Crippen LogP contribution in [-0.2, 0) is 4.79 Å². The van der Waals surface area contributed by atoms with Crippen molar-refractivity contribution in [2.24, 2.45) is 0 Å². The van der Waals surface area contributed by atoms with Gasteiger partial charge in [0.05, 0.1) is 0 Å².